The molecule has 2 rings (SSSR count). The number of alkyl carbamates (subject to hydrolysis) is 1. The zero-order valence-electron chi connectivity index (χ0n) is 12.6. The summed E-state index contributed by atoms with van der Waals surface area (Å²) < 4.78 is 6.81. The Labute approximate surface area is 123 Å². The highest BCUT2D eigenvalue weighted by Crippen LogP contribution is 2.14. The monoisotopic (exact) mass is 289 g/mol. The van der Waals surface area contributed by atoms with E-state index >= 15 is 0 Å². The van der Waals surface area contributed by atoms with E-state index in [2.05, 4.69) is 20.8 Å². The quantitative estimate of drug-likeness (QED) is 0.937. The Morgan fingerprint density at radius 1 is 1.29 bits per heavy atom. The van der Waals surface area contributed by atoms with E-state index in [1.165, 1.54) is 0 Å². The minimum atomic E-state index is -0.546. The molecule has 0 aliphatic heterocycles. The molecule has 0 radical (unpaired) electrons. The fourth-order valence-corrected chi connectivity index (χ4v) is 1.77. The Hall–Kier alpha value is -2.44. The molecule has 0 unspecified atom stereocenters. The molecule has 1 heterocycles. The molecule has 0 aliphatic rings. The van der Waals surface area contributed by atoms with Gasteiger partial charge in [0.15, 0.2) is 5.82 Å². The van der Waals surface area contributed by atoms with Crippen molar-refractivity contribution in [1.29, 1.82) is 0 Å². The molecule has 1 amide bonds. The molecule has 0 bridgehead atoms. The average molecular weight is 289 g/mol. The van der Waals surface area contributed by atoms with Gasteiger partial charge in [0.25, 0.3) is 0 Å². The molecule has 1 aromatic heterocycles. The predicted molar refractivity (Wildman–Crippen MR) is 76.9 cm³/mol. The summed E-state index contributed by atoms with van der Waals surface area (Å²) in [7, 11) is 0. The topological polar surface area (TPSA) is 81.9 Å². The minimum absolute atomic E-state index is 0.380. The highest BCUT2D eigenvalue weighted by molar-refractivity contribution is 5.68. The Morgan fingerprint density at radius 2 is 1.95 bits per heavy atom. The first-order valence-electron chi connectivity index (χ1n) is 6.70. The van der Waals surface area contributed by atoms with Crippen LogP contribution in [0.25, 0.3) is 5.69 Å². The van der Waals surface area contributed by atoms with E-state index in [4.69, 9.17) is 4.74 Å². The lowest BCUT2D eigenvalue weighted by Crippen LogP contribution is -2.34. The average Bonchev–Trinajstić information content (AvgIpc) is 2.86. The van der Waals surface area contributed by atoms with E-state index < -0.39 is 11.7 Å². The van der Waals surface area contributed by atoms with Gasteiger partial charge in [-0.3, -0.25) is 0 Å². The molecule has 0 aliphatic carbocycles. The fourth-order valence-electron chi connectivity index (χ4n) is 1.77. The van der Waals surface area contributed by atoms with Gasteiger partial charge in [-0.1, -0.05) is 18.2 Å². The number of carbonyl (C=O) groups is 1. The summed E-state index contributed by atoms with van der Waals surface area (Å²) in [6.45, 7) is 7.23. The summed E-state index contributed by atoms with van der Waals surface area (Å²) in [6, 6.07) is 9.10. The van der Waals surface area contributed by atoms with Gasteiger partial charge in [0, 0.05) is 0 Å². The number of nitrogens with one attached hydrogen (secondary N) is 1. The number of aromatic nitrogens is 4. The Bertz CT molecular complexity index is 603. The van der Waals surface area contributed by atoms with E-state index in [-0.39, 0.29) is 6.04 Å². The predicted octanol–water partition coefficient (Wildman–Crippen LogP) is 2.25. The van der Waals surface area contributed by atoms with E-state index in [0.29, 0.717) is 5.82 Å². The SMILES string of the molecule is C[C@H](NC(=O)OC(C)(C)C)c1nnnn1-c1ccccc1. The second-order valence-corrected chi connectivity index (χ2v) is 5.65. The van der Waals surface area contributed by atoms with Gasteiger partial charge in [0.2, 0.25) is 0 Å². The standard InChI is InChI=1S/C14H19N5O2/c1-10(15-13(20)21-14(2,3)4)12-16-17-18-19(12)11-8-6-5-7-9-11/h5-10H,1-4H3,(H,15,20)/t10-/m0/s1. The highest BCUT2D eigenvalue weighted by Gasteiger charge is 2.21. The number of amides is 1. The third-order valence-corrected chi connectivity index (χ3v) is 2.61. The van der Waals surface area contributed by atoms with Gasteiger partial charge in [-0.05, 0) is 50.3 Å². The summed E-state index contributed by atoms with van der Waals surface area (Å²) in [5.74, 6) is 0.534. The number of para-hydroxylation sites is 1. The lowest BCUT2D eigenvalue weighted by atomic mass is 10.2. The summed E-state index contributed by atoms with van der Waals surface area (Å²) in [5, 5.41) is 14.3. The van der Waals surface area contributed by atoms with Crippen LogP contribution < -0.4 is 5.32 Å². The Balaban J connectivity index is 2.13. The van der Waals surface area contributed by atoms with E-state index in [9.17, 15) is 4.79 Å². The van der Waals surface area contributed by atoms with Crippen LogP contribution in [0.2, 0.25) is 0 Å². The molecule has 0 saturated carbocycles. The van der Waals surface area contributed by atoms with Gasteiger partial charge in [-0.25, -0.2) is 4.79 Å². The molecule has 1 atom stereocenters. The Kier molecular flexibility index (Phi) is 4.21. The van der Waals surface area contributed by atoms with E-state index in [1.54, 1.807) is 11.6 Å². The third-order valence-electron chi connectivity index (χ3n) is 2.61. The van der Waals surface area contributed by atoms with Crippen molar-refractivity contribution >= 4 is 6.09 Å². The van der Waals surface area contributed by atoms with Crippen LogP contribution in [-0.2, 0) is 4.74 Å². The van der Waals surface area contributed by atoms with Crippen LogP contribution in [0.1, 0.15) is 39.6 Å². The molecule has 1 N–H and O–H groups in total. The van der Waals surface area contributed by atoms with Crippen LogP contribution in [0.4, 0.5) is 4.79 Å². The largest absolute Gasteiger partial charge is 0.444 e. The molecule has 0 spiro atoms. The normalized spacial score (nSPS) is 12.8. The van der Waals surface area contributed by atoms with Crippen molar-refractivity contribution in [3.63, 3.8) is 0 Å². The molecular weight excluding hydrogens is 270 g/mol. The van der Waals surface area contributed by atoms with Gasteiger partial charge < -0.3 is 10.1 Å². The number of benzene rings is 1. The number of tetrazole rings is 1. The second kappa shape index (κ2) is 5.90. The van der Waals surface area contributed by atoms with E-state index in [1.807, 2.05) is 51.1 Å². The smallest absolute Gasteiger partial charge is 0.408 e. The van der Waals surface area contributed by atoms with Crippen LogP contribution in [0, 0.1) is 0 Å². The molecule has 0 fully saturated rings. The van der Waals surface area contributed by atoms with Crippen molar-refractivity contribution in [2.24, 2.45) is 0 Å². The van der Waals surface area contributed by atoms with Crippen molar-refractivity contribution in [1.82, 2.24) is 25.5 Å². The maximum atomic E-state index is 11.8. The molecular formula is C14H19N5O2. The number of hydrogen-bond acceptors (Lipinski definition) is 5. The number of nitrogens with zero attached hydrogens (tertiary/aromatic N) is 4. The zero-order valence-corrected chi connectivity index (χ0v) is 12.6. The van der Waals surface area contributed by atoms with Crippen LogP contribution in [0.15, 0.2) is 30.3 Å². The van der Waals surface area contributed by atoms with Gasteiger partial charge in [0.05, 0.1) is 11.7 Å². The zero-order chi connectivity index (χ0) is 15.5. The number of carbonyl (C=O) groups excluding carboxylic acids is 1. The van der Waals surface area contributed by atoms with E-state index in [0.717, 1.165) is 5.69 Å². The fraction of sp³-hybridized carbons (Fsp3) is 0.429. The van der Waals surface area contributed by atoms with Crippen LogP contribution in [0.5, 0.6) is 0 Å². The van der Waals surface area contributed by atoms with Gasteiger partial charge >= 0.3 is 6.09 Å². The maximum Gasteiger partial charge on any atom is 0.408 e. The second-order valence-electron chi connectivity index (χ2n) is 5.65. The van der Waals surface area contributed by atoms with Crippen LogP contribution in [0.3, 0.4) is 0 Å². The first-order chi connectivity index (χ1) is 9.87. The first kappa shape index (κ1) is 15.0. The van der Waals surface area contributed by atoms with Crippen LogP contribution in [-0.4, -0.2) is 31.9 Å². The number of hydrogen-bond donors (Lipinski definition) is 1. The van der Waals surface area contributed by atoms with Crippen molar-refractivity contribution in [2.75, 3.05) is 0 Å². The summed E-state index contributed by atoms with van der Waals surface area (Å²) >= 11 is 0. The van der Waals surface area contributed by atoms with Gasteiger partial charge in [-0.2, -0.15) is 4.68 Å². The summed E-state index contributed by atoms with van der Waals surface area (Å²) in [4.78, 5) is 11.8. The lowest BCUT2D eigenvalue weighted by molar-refractivity contribution is 0.0505. The first-order valence-corrected chi connectivity index (χ1v) is 6.70. The summed E-state index contributed by atoms with van der Waals surface area (Å²) in [5.41, 5.74) is 0.283. The number of ether oxygens (including phenoxy) is 1. The lowest BCUT2D eigenvalue weighted by Gasteiger charge is -2.21. The summed E-state index contributed by atoms with van der Waals surface area (Å²) in [6.07, 6.45) is -0.502. The Morgan fingerprint density at radius 3 is 2.57 bits per heavy atom. The molecule has 0 saturated heterocycles. The molecule has 21 heavy (non-hydrogen) atoms. The van der Waals surface area contributed by atoms with Gasteiger partial charge in [-0.15, -0.1) is 5.10 Å². The van der Waals surface area contributed by atoms with Crippen molar-refractivity contribution < 1.29 is 9.53 Å². The molecule has 112 valence electrons. The number of rotatable bonds is 3. The molecule has 7 heteroatoms. The van der Waals surface area contributed by atoms with Crippen molar-refractivity contribution in [2.45, 2.75) is 39.3 Å². The van der Waals surface area contributed by atoms with Gasteiger partial charge in [0.1, 0.15) is 5.60 Å². The van der Waals surface area contributed by atoms with Crippen molar-refractivity contribution in [3.05, 3.63) is 36.2 Å². The van der Waals surface area contributed by atoms with Crippen molar-refractivity contribution in [3.8, 4) is 5.69 Å². The highest BCUT2D eigenvalue weighted by atomic mass is 16.6. The minimum Gasteiger partial charge on any atom is -0.444 e. The molecule has 7 nitrogen and oxygen atoms in total. The maximum absolute atomic E-state index is 11.8. The molecule has 1 aromatic carbocycles. The molecule has 2 aromatic rings. The third kappa shape index (κ3) is 4.01. The van der Waals surface area contributed by atoms with Crippen LogP contribution >= 0.6 is 0 Å².